The second kappa shape index (κ2) is 25.6. The molecule has 5 aliphatic rings. The van der Waals surface area contributed by atoms with E-state index in [0.29, 0.717) is 50.2 Å². The molecule has 2 aromatic rings. The normalized spacial score (nSPS) is 32.9. The average molecular weight is 1000 g/mol. The molecule has 3 aliphatic heterocycles. The van der Waals surface area contributed by atoms with Crippen molar-refractivity contribution in [3.05, 3.63) is 30.2 Å². The zero-order valence-electron chi connectivity index (χ0n) is 40.9. The zero-order chi connectivity index (χ0) is 50.8. The summed E-state index contributed by atoms with van der Waals surface area (Å²) in [6.07, 6.45) is -3.39. The Balaban J connectivity index is 1.08. The topological polar surface area (TPSA) is 319 Å². The molecule has 4 amide bonds. The number of hydrogen-bond donors (Lipinski definition) is 9. The van der Waals surface area contributed by atoms with Crippen LogP contribution in [0.4, 0.5) is 0 Å². The van der Waals surface area contributed by atoms with Crippen LogP contribution < -0.4 is 16.0 Å². The molecule has 23 heteroatoms. The smallest absolute Gasteiger partial charge is 0.252 e. The van der Waals surface area contributed by atoms with Crippen molar-refractivity contribution in [2.24, 2.45) is 17.8 Å². The molecular formula is C48H74N8O15. The lowest BCUT2D eigenvalue weighted by Gasteiger charge is -2.49. The molecule has 3 saturated heterocycles. The van der Waals surface area contributed by atoms with E-state index in [2.05, 4.69) is 31.2 Å². The van der Waals surface area contributed by atoms with Gasteiger partial charge >= 0.3 is 0 Å². The summed E-state index contributed by atoms with van der Waals surface area (Å²) in [5.74, 6) is -2.48. The van der Waals surface area contributed by atoms with E-state index in [0.717, 1.165) is 38.5 Å². The molecule has 23 nitrogen and oxygen atoms in total. The van der Waals surface area contributed by atoms with Gasteiger partial charge in [0, 0.05) is 70.1 Å². The average Bonchev–Trinajstić information content (AvgIpc) is 3.83. The number of carbonyl (C=O) groups excluding carboxylic acids is 4. The second-order valence-corrected chi connectivity index (χ2v) is 19.7. The van der Waals surface area contributed by atoms with Crippen molar-refractivity contribution in [2.45, 2.75) is 178 Å². The fourth-order valence-corrected chi connectivity index (χ4v) is 10.4. The third-order valence-electron chi connectivity index (χ3n) is 14.6. The van der Waals surface area contributed by atoms with Gasteiger partial charge in [0.05, 0.1) is 36.7 Å². The Labute approximate surface area is 413 Å². The molecule has 15 atom stereocenters. The van der Waals surface area contributed by atoms with Crippen molar-refractivity contribution < 1.29 is 73.5 Å². The lowest BCUT2D eigenvalue weighted by atomic mass is 9.75. The molecule has 0 spiro atoms. The van der Waals surface area contributed by atoms with E-state index < -0.39 is 110 Å². The number of likely N-dealkylation sites (tertiary alicyclic amines) is 1. The Hall–Kier alpha value is -4.27. The van der Waals surface area contributed by atoms with E-state index in [-0.39, 0.29) is 55.8 Å². The number of aromatic nitrogens is 4. The molecule has 0 bridgehead atoms. The van der Waals surface area contributed by atoms with Gasteiger partial charge < -0.3 is 75.2 Å². The first kappa shape index (κ1) is 54.5. The van der Waals surface area contributed by atoms with Crippen LogP contribution in [0.15, 0.2) is 24.7 Å². The molecule has 0 radical (unpaired) electrons. The van der Waals surface area contributed by atoms with Gasteiger partial charge in [0.2, 0.25) is 11.8 Å². The summed E-state index contributed by atoms with van der Waals surface area (Å²) in [7, 11) is 0. The van der Waals surface area contributed by atoms with Crippen molar-refractivity contribution in [2.75, 3.05) is 39.4 Å². The highest BCUT2D eigenvalue weighted by Crippen LogP contribution is 2.40. The van der Waals surface area contributed by atoms with Crippen LogP contribution in [0.25, 0.3) is 11.3 Å². The highest BCUT2D eigenvalue weighted by atomic mass is 16.7. The van der Waals surface area contributed by atoms with E-state index in [1.807, 2.05) is 6.92 Å². The maximum Gasteiger partial charge on any atom is 0.252 e. The molecular weight excluding hydrogens is 929 g/mol. The maximum atomic E-state index is 14.1. The van der Waals surface area contributed by atoms with Crippen molar-refractivity contribution >= 4 is 23.6 Å². The number of rotatable bonds is 21. The van der Waals surface area contributed by atoms with Crippen LogP contribution in [0.1, 0.15) is 102 Å². The van der Waals surface area contributed by atoms with Crippen LogP contribution >= 0.6 is 0 Å². The summed E-state index contributed by atoms with van der Waals surface area (Å²) in [5.41, 5.74) is 1.34. The predicted octanol–water partition coefficient (Wildman–Crippen LogP) is -0.858. The standard InChI is InChI=1S/C48H74N8O15/c1-4-29-19-30(44(64)50-12-13-51-45(65)32-20-31(22-49-23-32)33-24-56(54-53-33)16-9-17-57)21-34(42(29)71-48-41(63)40(62)38(60)26(2)67-48)69-47-37(52-27(3)59)43(39(61)36(25-58)70-47)68-35(46(66)55-14-8-15-55)18-28-10-6-5-7-11-28/h20,22-24,26,28-30,34-43,47-48,57-58,60-63H,4-19,21,25H2,1-3H3,(H,50,64)(H,51,65)(H,52,59)/t26?,29?,30?,34-,35+,36?,37?,38-,39+,40?,41?,42?,43?,47-,48+/m1/s1. The third-order valence-corrected chi connectivity index (χ3v) is 14.6. The van der Waals surface area contributed by atoms with Crippen LogP contribution in [0, 0.1) is 17.8 Å². The fourth-order valence-electron chi connectivity index (χ4n) is 10.4. The zero-order valence-corrected chi connectivity index (χ0v) is 40.9. The summed E-state index contributed by atoms with van der Waals surface area (Å²) in [6, 6.07) is 0.387. The minimum Gasteiger partial charge on any atom is -0.396 e. The number of aliphatic hydroxyl groups excluding tert-OH is 6. The van der Waals surface area contributed by atoms with Crippen LogP contribution in [0.3, 0.4) is 0 Å². The first-order valence-corrected chi connectivity index (χ1v) is 25.4. The number of nitrogens with zero attached hydrogens (tertiary/aromatic N) is 5. The van der Waals surface area contributed by atoms with E-state index >= 15 is 0 Å². The first-order valence-electron chi connectivity index (χ1n) is 25.4. The molecule has 9 unspecified atom stereocenters. The summed E-state index contributed by atoms with van der Waals surface area (Å²) in [6.45, 7) is 5.76. The van der Waals surface area contributed by atoms with E-state index in [1.165, 1.54) is 20.0 Å². The number of ether oxygens (including phenoxy) is 5. The molecule has 5 heterocycles. The summed E-state index contributed by atoms with van der Waals surface area (Å²) in [5, 5.41) is 80.5. The van der Waals surface area contributed by atoms with Gasteiger partial charge in [-0.15, -0.1) is 5.10 Å². The highest BCUT2D eigenvalue weighted by molar-refractivity contribution is 5.95. The van der Waals surface area contributed by atoms with E-state index in [1.54, 1.807) is 28.0 Å². The van der Waals surface area contributed by atoms with Gasteiger partial charge in [-0.3, -0.25) is 28.8 Å². The Kier molecular flexibility index (Phi) is 19.6. The van der Waals surface area contributed by atoms with Crippen molar-refractivity contribution in [1.82, 2.24) is 40.8 Å². The highest BCUT2D eigenvalue weighted by Gasteiger charge is 2.53. The Morgan fingerprint density at radius 3 is 2.34 bits per heavy atom. The third kappa shape index (κ3) is 13.7. The SMILES string of the molecule is CCC1CC(C(=O)NCCNC(=O)c2cncc(-c3cn(CCCO)nn3)c2)C[C@@H](O[C@@H]2OC(CO)[C@H](O)C(O[C@@H](CC3CCCCC3)C(=O)N3CCC3)C2NC(C)=O)C1O[C@@H]1OC(C)[C@@H](O)C(O)C1O. The minimum atomic E-state index is -1.67. The van der Waals surface area contributed by atoms with E-state index in [9.17, 15) is 44.7 Å². The monoisotopic (exact) mass is 1000 g/mol. The molecule has 396 valence electrons. The summed E-state index contributed by atoms with van der Waals surface area (Å²) >= 11 is 0. The number of nitrogens with one attached hydrogen (secondary N) is 3. The van der Waals surface area contributed by atoms with Gasteiger partial charge in [-0.2, -0.15) is 0 Å². The summed E-state index contributed by atoms with van der Waals surface area (Å²) in [4.78, 5) is 60.2. The van der Waals surface area contributed by atoms with Gasteiger partial charge in [-0.05, 0) is 56.9 Å². The molecule has 9 N–H and O–H groups in total. The van der Waals surface area contributed by atoms with Crippen LogP contribution in [0.5, 0.6) is 0 Å². The van der Waals surface area contributed by atoms with Crippen molar-refractivity contribution in [1.29, 1.82) is 0 Å². The predicted molar refractivity (Wildman–Crippen MR) is 249 cm³/mol. The number of carbonyl (C=O) groups is 4. The summed E-state index contributed by atoms with van der Waals surface area (Å²) < 4.78 is 33.6. The Bertz CT molecular complexity index is 2060. The van der Waals surface area contributed by atoms with Crippen LogP contribution in [-0.4, -0.2) is 198 Å². The van der Waals surface area contributed by atoms with Gasteiger partial charge in [0.15, 0.2) is 12.6 Å². The molecule has 7 rings (SSSR count). The van der Waals surface area contributed by atoms with Crippen molar-refractivity contribution in [3.63, 3.8) is 0 Å². The molecule has 71 heavy (non-hydrogen) atoms. The lowest BCUT2D eigenvalue weighted by molar-refractivity contribution is -0.338. The second-order valence-electron chi connectivity index (χ2n) is 19.7. The van der Waals surface area contributed by atoms with Crippen molar-refractivity contribution in [3.8, 4) is 11.3 Å². The van der Waals surface area contributed by atoms with Gasteiger partial charge in [-0.1, -0.05) is 50.7 Å². The Morgan fingerprint density at radius 1 is 0.887 bits per heavy atom. The lowest BCUT2D eigenvalue weighted by Crippen LogP contribution is -2.67. The maximum absolute atomic E-state index is 14.1. The molecule has 2 aliphatic carbocycles. The largest absolute Gasteiger partial charge is 0.396 e. The number of amides is 4. The van der Waals surface area contributed by atoms with Crippen LogP contribution in [-0.2, 0) is 44.6 Å². The number of aryl methyl sites for hydroxylation is 1. The van der Waals surface area contributed by atoms with Gasteiger partial charge in [0.1, 0.15) is 54.5 Å². The molecule has 2 aromatic heterocycles. The molecule has 2 saturated carbocycles. The molecule has 5 fully saturated rings. The quantitative estimate of drug-likeness (QED) is 0.0688. The molecule has 0 aromatic carbocycles. The number of aliphatic hydroxyl groups is 6. The number of pyridine rings is 1. The van der Waals surface area contributed by atoms with E-state index in [4.69, 9.17) is 28.8 Å². The minimum absolute atomic E-state index is 0.00570. The Morgan fingerprint density at radius 2 is 1.65 bits per heavy atom. The first-order chi connectivity index (χ1) is 34.2. The van der Waals surface area contributed by atoms with Gasteiger partial charge in [0.25, 0.3) is 11.8 Å². The van der Waals surface area contributed by atoms with Crippen LogP contribution in [0.2, 0.25) is 0 Å². The fraction of sp³-hybridized carbons (Fsp3) is 0.771. The van der Waals surface area contributed by atoms with Gasteiger partial charge in [-0.25, -0.2) is 0 Å². The number of hydrogen-bond acceptors (Lipinski definition) is 18.